The molecule has 0 unspecified atom stereocenters. The molecule has 0 spiro atoms. The summed E-state index contributed by atoms with van der Waals surface area (Å²) in [7, 11) is 0. The van der Waals surface area contributed by atoms with Gasteiger partial charge < -0.3 is 5.32 Å². The van der Waals surface area contributed by atoms with Gasteiger partial charge in [-0.2, -0.15) is 0 Å². The molecule has 1 aliphatic carbocycles. The fourth-order valence-electron chi connectivity index (χ4n) is 1.86. The molecule has 0 aromatic rings. The molecule has 0 radical (unpaired) electrons. The molecule has 1 heteroatoms. The highest BCUT2D eigenvalue weighted by atomic mass is 14.8. The van der Waals surface area contributed by atoms with E-state index in [4.69, 9.17) is 0 Å². The van der Waals surface area contributed by atoms with Crippen molar-refractivity contribution in [1.82, 2.24) is 5.32 Å². The second-order valence-electron chi connectivity index (χ2n) is 4.89. The predicted molar refractivity (Wildman–Crippen MR) is 58.9 cm³/mol. The average Bonchev–Trinajstić information content (AvgIpc) is 1.99. The van der Waals surface area contributed by atoms with Crippen molar-refractivity contribution in [2.75, 3.05) is 13.1 Å². The van der Waals surface area contributed by atoms with Crippen molar-refractivity contribution in [1.29, 1.82) is 0 Å². The molecule has 1 rings (SSSR count). The van der Waals surface area contributed by atoms with Crippen molar-refractivity contribution in [3.63, 3.8) is 0 Å². The van der Waals surface area contributed by atoms with E-state index >= 15 is 0 Å². The second-order valence-corrected chi connectivity index (χ2v) is 4.89. The van der Waals surface area contributed by atoms with Gasteiger partial charge in [-0.3, -0.25) is 0 Å². The van der Waals surface area contributed by atoms with Crippen molar-refractivity contribution in [3.8, 4) is 0 Å². The Morgan fingerprint density at radius 1 is 1.23 bits per heavy atom. The summed E-state index contributed by atoms with van der Waals surface area (Å²) < 4.78 is 0. The van der Waals surface area contributed by atoms with Gasteiger partial charge in [-0.05, 0) is 31.3 Å². The highest BCUT2D eigenvalue weighted by Crippen LogP contribution is 2.30. The van der Waals surface area contributed by atoms with Gasteiger partial charge in [-0.25, -0.2) is 0 Å². The van der Waals surface area contributed by atoms with Crippen LogP contribution in [0.1, 0.15) is 52.4 Å². The maximum absolute atomic E-state index is 3.49. The highest BCUT2D eigenvalue weighted by molar-refractivity contribution is 4.69. The third kappa shape index (κ3) is 5.30. The molecular weight excluding hydrogens is 158 g/mol. The first kappa shape index (κ1) is 11.0. The molecule has 1 N–H and O–H groups in total. The number of hydrogen-bond acceptors (Lipinski definition) is 1. The molecule has 0 atom stereocenters. The first-order valence-electron chi connectivity index (χ1n) is 5.99. The molecule has 1 fully saturated rings. The summed E-state index contributed by atoms with van der Waals surface area (Å²) in [6.07, 6.45) is 8.83. The molecule has 0 bridgehead atoms. The van der Waals surface area contributed by atoms with Crippen molar-refractivity contribution < 1.29 is 0 Å². The minimum absolute atomic E-state index is 0.798. The maximum Gasteiger partial charge on any atom is -0.00258 e. The number of rotatable bonds is 7. The van der Waals surface area contributed by atoms with Crippen LogP contribution in [0.25, 0.3) is 0 Å². The molecule has 1 aliphatic rings. The number of unbranched alkanes of at least 4 members (excludes halogenated alkanes) is 1. The summed E-state index contributed by atoms with van der Waals surface area (Å²) in [6.45, 7) is 6.94. The lowest BCUT2D eigenvalue weighted by Crippen LogP contribution is -2.21. The van der Waals surface area contributed by atoms with Crippen LogP contribution in [0.2, 0.25) is 0 Å². The van der Waals surface area contributed by atoms with E-state index in [1.54, 1.807) is 0 Å². The second kappa shape index (κ2) is 6.42. The summed E-state index contributed by atoms with van der Waals surface area (Å²) in [5.74, 6) is 1.90. The molecule has 1 nitrogen and oxygen atoms in total. The quantitative estimate of drug-likeness (QED) is 0.598. The van der Waals surface area contributed by atoms with Crippen LogP contribution < -0.4 is 5.32 Å². The van der Waals surface area contributed by atoms with Crippen LogP contribution in [-0.4, -0.2) is 13.1 Å². The summed E-state index contributed by atoms with van der Waals surface area (Å²) in [6, 6.07) is 0. The summed E-state index contributed by atoms with van der Waals surface area (Å²) in [4.78, 5) is 0. The van der Waals surface area contributed by atoms with Gasteiger partial charge in [0.05, 0.1) is 0 Å². The first-order chi connectivity index (χ1) is 6.29. The van der Waals surface area contributed by atoms with Crippen molar-refractivity contribution in [3.05, 3.63) is 0 Å². The Morgan fingerprint density at radius 2 is 2.00 bits per heavy atom. The predicted octanol–water partition coefficient (Wildman–Crippen LogP) is 3.20. The van der Waals surface area contributed by atoms with E-state index in [0.29, 0.717) is 0 Å². The zero-order valence-corrected chi connectivity index (χ0v) is 9.31. The molecule has 0 aromatic carbocycles. The molecule has 0 heterocycles. The Hall–Kier alpha value is -0.0400. The Bertz CT molecular complexity index is 116. The number of hydrogen-bond donors (Lipinski definition) is 1. The lowest BCUT2D eigenvalue weighted by molar-refractivity contribution is 0.287. The maximum atomic E-state index is 3.49. The van der Waals surface area contributed by atoms with E-state index in [1.165, 1.54) is 51.6 Å². The van der Waals surface area contributed by atoms with E-state index in [9.17, 15) is 0 Å². The van der Waals surface area contributed by atoms with Gasteiger partial charge in [-0.1, -0.05) is 46.0 Å². The zero-order valence-electron chi connectivity index (χ0n) is 9.31. The van der Waals surface area contributed by atoms with Crippen LogP contribution in [0, 0.1) is 11.8 Å². The monoisotopic (exact) mass is 183 g/mol. The van der Waals surface area contributed by atoms with E-state index in [0.717, 1.165) is 11.8 Å². The van der Waals surface area contributed by atoms with Crippen molar-refractivity contribution in [2.24, 2.45) is 11.8 Å². The Morgan fingerprint density at radius 3 is 2.54 bits per heavy atom. The fourth-order valence-corrected chi connectivity index (χ4v) is 1.86. The minimum Gasteiger partial charge on any atom is -0.316 e. The van der Waals surface area contributed by atoms with Gasteiger partial charge in [0, 0.05) is 0 Å². The SMILES string of the molecule is CC(C)CNCCCCC1CCC1. The summed E-state index contributed by atoms with van der Waals surface area (Å²) in [5, 5.41) is 3.49. The Kier molecular flexibility index (Phi) is 5.45. The van der Waals surface area contributed by atoms with Gasteiger partial charge in [-0.15, -0.1) is 0 Å². The largest absolute Gasteiger partial charge is 0.316 e. The van der Waals surface area contributed by atoms with Gasteiger partial charge in [0.1, 0.15) is 0 Å². The summed E-state index contributed by atoms with van der Waals surface area (Å²) in [5.41, 5.74) is 0. The highest BCUT2D eigenvalue weighted by Gasteiger charge is 2.15. The van der Waals surface area contributed by atoms with Gasteiger partial charge in [0.2, 0.25) is 0 Å². The molecular formula is C12H25N. The van der Waals surface area contributed by atoms with Crippen LogP contribution in [-0.2, 0) is 0 Å². The molecule has 0 saturated heterocycles. The molecule has 1 saturated carbocycles. The summed E-state index contributed by atoms with van der Waals surface area (Å²) >= 11 is 0. The zero-order chi connectivity index (χ0) is 9.52. The van der Waals surface area contributed by atoms with Crippen molar-refractivity contribution in [2.45, 2.75) is 52.4 Å². The van der Waals surface area contributed by atoms with E-state index < -0.39 is 0 Å². The van der Waals surface area contributed by atoms with Gasteiger partial charge in [0.25, 0.3) is 0 Å². The topological polar surface area (TPSA) is 12.0 Å². The number of nitrogens with one attached hydrogen (secondary N) is 1. The van der Waals surface area contributed by atoms with Gasteiger partial charge >= 0.3 is 0 Å². The average molecular weight is 183 g/mol. The minimum atomic E-state index is 0.798. The molecule has 78 valence electrons. The van der Waals surface area contributed by atoms with Crippen molar-refractivity contribution >= 4 is 0 Å². The van der Waals surface area contributed by atoms with E-state index in [-0.39, 0.29) is 0 Å². The van der Waals surface area contributed by atoms with Crippen LogP contribution in [0.15, 0.2) is 0 Å². The van der Waals surface area contributed by atoms with E-state index in [2.05, 4.69) is 19.2 Å². The normalized spacial score (nSPS) is 17.8. The third-order valence-electron chi connectivity index (χ3n) is 2.99. The third-order valence-corrected chi connectivity index (χ3v) is 2.99. The van der Waals surface area contributed by atoms with Crippen LogP contribution >= 0.6 is 0 Å². The molecule has 0 aromatic heterocycles. The lowest BCUT2D eigenvalue weighted by atomic mass is 9.82. The van der Waals surface area contributed by atoms with Crippen LogP contribution in [0.3, 0.4) is 0 Å². The standard InChI is InChI=1S/C12H25N/c1-11(2)10-13-9-4-3-6-12-7-5-8-12/h11-13H,3-10H2,1-2H3. The van der Waals surface area contributed by atoms with Crippen LogP contribution in [0.5, 0.6) is 0 Å². The Labute approximate surface area is 83.3 Å². The smallest absolute Gasteiger partial charge is 0.00258 e. The molecule has 0 aliphatic heterocycles. The Balaban J connectivity index is 1.73. The first-order valence-corrected chi connectivity index (χ1v) is 5.99. The van der Waals surface area contributed by atoms with E-state index in [1.807, 2.05) is 0 Å². The van der Waals surface area contributed by atoms with Gasteiger partial charge in [0.15, 0.2) is 0 Å². The molecule has 13 heavy (non-hydrogen) atoms. The fraction of sp³-hybridized carbons (Fsp3) is 1.00. The molecule has 0 amide bonds. The van der Waals surface area contributed by atoms with Crippen LogP contribution in [0.4, 0.5) is 0 Å². The lowest BCUT2D eigenvalue weighted by Gasteiger charge is -2.25.